The Kier molecular flexibility index (Phi) is 5.85. The number of rotatable bonds is 8. The SMILES string of the molecule is CCCNc1cncc(NCC(C)(O)CCC)n1. The maximum Gasteiger partial charge on any atom is 0.147 e. The quantitative estimate of drug-likeness (QED) is 0.662. The monoisotopic (exact) mass is 252 g/mol. The molecular weight excluding hydrogens is 228 g/mol. The first-order valence-corrected chi connectivity index (χ1v) is 6.59. The highest BCUT2D eigenvalue weighted by molar-refractivity contribution is 5.41. The van der Waals surface area contributed by atoms with Crippen LogP contribution in [0.2, 0.25) is 0 Å². The van der Waals surface area contributed by atoms with Crippen molar-refractivity contribution in [2.75, 3.05) is 23.7 Å². The molecule has 1 atom stereocenters. The molecule has 0 amide bonds. The van der Waals surface area contributed by atoms with E-state index in [1.165, 1.54) is 0 Å². The molecule has 3 N–H and O–H groups in total. The Morgan fingerprint density at radius 1 is 1.17 bits per heavy atom. The Labute approximate surface area is 109 Å². The van der Waals surface area contributed by atoms with E-state index in [4.69, 9.17) is 0 Å². The van der Waals surface area contributed by atoms with Gasteiger partial charge in [-0.15, -0.1) is 0 Å². The Morgan fingerprint density at radius 3 is 2.44 bits per heavy atom. The molecule has 0 spiro atoms. The molecule has 5 nitrogen and oxygen atoms in total. The van der Waals surface area contributed by atoms with Crippen molar-refractivity contribution in [3.63, 3.8) is 0 Å². The molecule has 102 valence electrons. The van der Waals surface area contributed by atoms with Gasteiger partial charge in [0.15, 0.2) is 0 Å². The predicted octanol–water partition coefficient (Wildman–Crippen LogP) is 2.26. The number of anilines is 2. The second-order valence-corrected chi connectivity index (χ2v) is 4.82. The zero-order valence-electron chi connectivity index (χ0n) is 11.5. The molecule has 0 saturated carbocycles. The zero-order valence-corrected chi connectivity index (χ0v) is 11.5. The summed E-state index contributed by atoms with van der Waals surface area (Å²) < 4.78 is 0. The third-order valence-corrected chi connectivity index (χ3v) is 2.63. The van der Waals surface area contributed by atoms with Gasteiger partial charge in [-0.25, -0.2) is 4.98 Å². The van der Waals surface area contributed by atoms with Crippen LogP contribution in [0.15, 0.2) is 12.4 Å². The molecule has 18 heavy (non-hydrogen) atoms. The van der Waals surface area contributed by atoms with E-state index in [0.29, 0.717) is 12.4 Å². The summed E-state index contributed by atoms with van der Waals surface area (Å²) in [5.74, 6) is 1.45. The van der Waals surface area contributed by atoms with Gasteiger partial charge >= 0.3 is 0 Å². The summed E-state index contributed by atoms with van der Waals surface area (Å²) in [5.41, 5.74) is -0.705. The van der Waals surface area contributed by atoms with Crippen LogP contribution in [0.3, 0.4) is 0 Å². The Balaban J connectivity index is 2.51. The van der Waals surface area contributed by atoms with Gasteiger partial charge in [0.25, 0.3) is 0 Å². The molecule has 1 aromatic heterocycles. The fraction of sp³-hybridized carbons (Fsp3) is 0.692. The second-order valence-electron chi connectivity index (χ2n) is 4.82. The van der Waals surface area contributed by atoms with Crippen molar-refractivity contribution < 1.29 is 5.11 Å². The zero-order chi connectivity index (χ0) is 13.4. The van der Waals surface area contributed by atoms with E-state index in [1.54, 1.807) is 12.4 Å². The van der Waals surface area contributed by atoms with Crippen molar-refractivity contribution in [2.45, 2.75) is 45.6 Å². The van der Waals surface area contributed by atoms with Crippen molar-refractivity contribution in [3.8, 4) is 0 Å². The number of hydrogen-bond donors (Lipinski definition) is 3. The van der Waals surface area contributed by atoms with E-state index in [-0.39, 0.29) is 0 Å². The van der Waals surface area contributed by atoms with Crippen LogP contribution in [0.25, 0.3) is 0 Å². The van der Waals surface area contributed by atoms with Gasteiger partial charge in [0.05, 0.1) is 18.0 Å². The third kappa shape index (κ3) is 5.31. The van der Waals surface area contributed by atoms with Gasteiger partial charge in [-0.2, -0.15) is 0 Å². The number of nitrogens with zero attached hydrogens (tertiary/aromatic N) is 2. The predicted molar refractivity (Wildman–Crippen MR) is 74.8 cm³/mol. The molecule has 0 saturated heterocycles. The second kappa shape index (κ2) is 7.16. The summed E-state index contributed by atoms with van der Waals surface area (Å²) in [5, 5.41) is 16.4. The molecule has 0 aromatic carbocycles. The molecule has 1 rings (SSSR count). The average molecular weight is 252 g/mol. The van der Waals surface area contributed by atoms with Crippen LogP contribution in [0.4, 0.5) is 11.6 Å². The van der Waals surface area contributed by atoms with Crippen molar-refractivity contribution in [1.82, 2.24) is 9.97 Å². The van der Waals surface area contributed by atoms with Crippen LogP contribution in [-0.4, -0.2) is 33.8 Å². The Bertz CT molecular complexity index is 355. The molecule has 5 heteroatoms. The molecule has 0 aliphatic carbocycles. The normalized spacial score (nSPS) is 14.0. The summed E-state index contributed by atoms with van der Waals surface area (Å²) in [6.45, 7) is 7.35. The highest BCUT2D eigenvalue weighted by Gasteiger charge is 2.18. The average Bonchev–Trinajstić information content (AvgIpc) is 2.35. The summed E-state index contributed by atoms with van der Waals surface area (Å²) in [4.78, 5) is 8.49. The van der Waals surface area contributed by atoms with Crippen molar-refractivity contribution in [3.05, 3.63) is 12.4 Å². The van der Waals surface area contributed by atoms with Crippen molar-refractivity contribution in [2.24, 2.45) is 0 Å². The minimum atomic E-state index is -0.705. The lowest BCUT2D eigenvalue weighted by molar-refractivity contribution is 0.0636. The number of aliphatic hydroxyl groups is 1. The van der Waals surface area contributed by atoms with E-state index >= 15 is 0 Å². The third-order valence-electron chi connectivity index (χ3n) is 2.63. The lowest BCUT2D eigenvalue weighted by atomic mass is 10.0. The van der Waals surface area contributed by atoms with Crippen LogP contribution >= 0.6 is 0 Å². The van der Waals surface area contributed by atoms with Gasteiger partial charge in [-0.1, -0.05) is 20.3 Å². The topological polar surface area (TPSA) is 70.1 Å². The maximum absolute atomic E-state index is 10.1. The fourth-order valence-corrected chi connectivity index (χ4v) is 1.70. The van der Waals surface area contributed by atoms with E-state index in [1.807, 2.05) is 6.92 Å². The molecular formula is C13H24N4O. The van der Waals surface area contributed by atoms with Gasteiger partial charge in [0.2, 0.25) is 0 Å². The first kappa shape index (κ1) is 14.7. The summed E-state index contributed by atoms with van der Waals surface area (Å²) in [6.07, 6.45) is 6.13. The highest BCUT2D eigenvalue weighted by atomic mass is 16.3. The lowest BCUT2D eigenvalue weighted by Gasteiger charge is -2.23. The molecule has 0 radical (unpaired) electrons. The summed E-state index contributed by atoms with van der Waals surface area (Å²) in [7, 11) is 0. The minimum absolute atomic E-state index is 0.479. The van der Waals surface area contributed by atoms with Crippen LogP contribution < -0.4 is 10.6 Å². The molecule has 0 bridgehead atoms. The minimum Gasteiger partial charge on any atom is -0.388 e. The lowest BCUT2D eigenvalue weighted by Crippen LogP contribution is -2.33. The van der Waals surface area contributed by atoms with Crippen molar-refractivity contribution in [1.29, 1.82) is 0 Å². The van der Waals surface area contributed by atoms with Gasteiger partial charge < -0.3 is 15.7 Å². The standard InChI is InChI=1S/C13H24N4O/c1-4-6-13(3,18)10-16-12-9-14-8-11(17-12)15-7-5-2/h8-9,18H,4-7,10H2,1-3H3,(H2,15,16,17). The Morgan fingerprint density at radius 2 is 1.83 bits per heavy atom. The van der Waals surface area contributed by atoms with Crippen LogP contribution in [0.5, 0.6) is 0 Å². The highest BCUT2D eigenvalue weighted by Crippen LogP contribution is 2.13. The first-order chi connectivity index (χ1) is 8.57. The maximum atomic E-state index is 10.1. The van der Waals surface area contributed by atoms with Gasteiger partial charge in [0.1, 0.15) is 11.6 Å². The Hall–Kier alpha value is -1.36. The fourth-order valence-electron chi connectivity index (χ4n) is 1.70. The molecule has 0 fully saturated rings. The van der Waals surface area contributed by atoms with Gasteiger partial charge in [-0.3, -0.25) is 4.98 Å². The number of hydrogen-bond acceptors (Lipinski definition) is 5. The summed E-state index contributed by atoms with van der Waals surface area (Å²) >= 11 is 0. The van der Waals surface area contributed by atoms with E-state index in [2.05, 4.69) is 34.4 Å². The van der Waals surface area contributed by atoms with E-state index in [0.717, 1.165) is 31.6 Å². The van der Waals surface area contributed by atoms with Gasteiger partial charge in [0, 0.05) is 13.1 Å². The van der Waals surface area contributed by atoms with Crippen LogP contribution in [0.1, 0.15) is 40.0 Å². The molecule has 0 aliphatic heterocycles. The molecule has 1 heterocycles. The number of aromatic nitrogens is 2. The van der Waals surface area contributed by atoms with Crippen molar-refractivity contribution >= 4 is 11.6 Å². The molecule has 1 unspecified atom stereocenters. The van der Waals surface area contributed by atoms with E-state index in [9.17, 15) is 5.11 Å². The van der Waals surface area contributed by atoms with E-state index < -0.39 is 5.60 Å². The molecule has 1 aromatic rings. The van der Waals surface area contributed by atoms with Gasteiger partial charge in [-0.05, 0) is 19.8 Å². The first-order valence-electron chi connectivity index (χ1n) is 6.59. The molecule has 0 aliphatic rings. The number of nitrogens with one attached hydrogen (secondary N) is 2. The summed E-state index contributed by atoms with van der Waals surface area (Å²) in [6, 6.07) is 0. The van der Waals surface area contributed by atoms with Crippen LogP contribution in [0, 0.1) is 0 Å². The smallest absolute Gasteiger partial charge is 0.147 e. The largest absolute Gasteiger partial charge is 0.388 e. The van der Waals surface area contributed by atoms with Crippen LogP contribution in [-0.2, 0) is 0 Å².